The molecule has 2 rings (SSSR count). The number of piperidine rings is 1. The maximum atomic E-state index is 12.3. The highest BCUT2D eigenvalue weighted by atomic mass is 16.5. The van der Waals surface area contributed by atoms with Crippen molar-refractivity contribution >= 4 is 17.8 Å². The van der Waals surface area contributed by atoms with E-state index < -0.39 is 0 Å². The first kappa shape index (κ1) is 17.1. The lowest BCUT2D eigenvalue weighted by atomic mass is 9.97. The third-order valence-electron chi connectivity index (χ3n) is 3.92. The normalized spacial score (nSPS) is 15.3. The number of hydrogen-bond donors (Lipinski definition) is 0. The molecule has 23 heavy (non-hydrogen) atoms. The van der Waals surface area contributed by atoms with Crippen LogP contribution in [0.15, 0.2) is 22.8 Å². The summed E-state index contributed by atoms with van der Waals surface area (Å²) in [5, 5.41) is 0. The van der Waals surface area contributed by atoms with E-state index in [0.717, 1.165) is 0 Å². The molecular weight excluding hydrogens is 300 g/mol. The maximum Gasteiger partial charge on any atom is 0.309 e. The fourth-order valence-electron chi connectivity index (χ4n) is 2.59. The summed E-state index contributed by atoms with van der Waals surface area (Å²) in [4.78, 5) is 39.0. The lowest BCUT2D eigenvalue weighted by Crippen LogP contribution is -2.45. The minimum Gasteiger partial charge on any atom is -0.466 e. The van der Waals surface area contributed by atoms with Crippen LogP contribution in [0.25, 0.3) is 0 Å². The van der Waals surface area contributed by atoms with Crippen molar-refractivity contribution in [3.63, 3.8) is 0 Å². The molecule has 0 N–H and O–H groups in total. The standard InChI is InChI=1S/C16H22N2O5/c1-3-22-16(21)12-6-8-18(9-7-12)14(19)11-17(2)15(20)13-5-4-10-23-13/h4-5,10,12H,3,6-9,11H2,1-2H3. The summed E-state index contributed by atoms with van der Waals surface area (Å²) in [5.41, 5.74) is 0. The Balaban J connectivity index is 1.81. The molecule has 2 heterocycles. The number of likely N-dealkylation sites (N-methyl/N-ethyl adjacent to an activating group) is 1. The Labute approximate surface area is 135 Å². The van der Waals surface area contributed by atoms with Crippen molar-refractivity contribution in [2.75, 3.05) is 33.3 Å². The zero-order valence-electron chi connectivity index (χ0n) is 13.5. The van der Waals surface area contributed by atoms with Crippen LogP contribution in [0.2, 0.25) is 0 Å². The zero-order valence-corrected chi connectivity index (χ0v) is 13.5. The van der Waals surface area contributed by atoms with Gasteiger partial charge in [0.15, 0.2) is 5.76 Å². The van der Waals surface area contributed by atoms with E-state index in [1.807, 2.05) is 0 Å². The van der Waals surface area contributed by atoms with Crippen LogP contribution in [-0.4, -0.2) is 60.9 Å². The van der Waals surface area contributed by atoms with Gasteiger partial charge in [-0.2, -0.15) is 0 Å². The molecule has 1 aromatic heterocycles. The highest BCUT2D eigenvalue weighted by Gasteiger charge is 2.29. The largest absolute Gasteiger partial charge is 0.466 e. The van der Waals surface area contributed by atoms with Crippen LogP contribution in [-0.2, 0) is 14.3 Å². The van der Waals surface area contributed by atoms with E-state index in [1.165, 1.54) is 11.2 Å². The summed E-state index contributed by atoms with van der Waals surface area (Å²) >= 11 is 0. The second-order valence-corrected chi connectivity index (χ2v) is 5.55. The molecule has 0 radical (unpaired) electrons. The minimum atomic E-state index is -0.329. The van der Waals surface area contributed by atoms with E-state index in [2.05, 4.69) is 0 Å². The molecule has 7 heteroatoms. The van der Waals surface area contributed by atoms with E-state index in [-0.39, 0.29) is 36.0 Å². The molecule has 7 nitrogen and oxygen atoms in total. The van der Waals surface area contributed by atoms with Gasteiger partial charge in [0.1, 0.15) is 0 Å². The first-order valence-electron chi connectivity index (χ1n) is 7.76. The third kappa shape index (κ3) is 4.34. The molecule has 2 amide bonds. The van der Waals surface area contributed by atoms with E-state index in [1.54, 1.807) is 31.0 Å². The number of rotatable bonds is 5. The Kier molecular flexibility index (Phi) is 5.78. The fourth-order valence-corrected chi connectivity index (χ4v) is 2.59. The Morgan fingerprint density at radius 1 is 1.35 bits per heavy atom. The van der Waals surface area contributed by atoms with E-state index in [0.29, 0.717) is 32.5 Å². The van der Waals surface area contributed by atoms with E-state index in [9.17, 15) is 14.4 Å². The van der Waals surface area contributed by atoms with Crippen LogP contribution in [0, 0.1) is 5.92 Å². The Hall–Kier alpha value is -2.31. The van der Waals surface area contributed by atoms with Gasteiger partial charge in [0.2, 0.25) is 5.91 Å². The van der Waals surface area contributed by atoms with Crippen LogP contribution in [0.4, 0.5) is 0 Å². The van der Waals surface area contributed by atoms with Crippen LogP contribution in [0.5, 0.6) is 0 Å². The van der Waals surface area contributed by atoms with Gasteiger partial charge in [-0.05, 0) is 31.9 Å². The van der Waals surface area contributed by atoms with Crippen molar-refractivity contribution in [1.29, 1.82) is 0 Å². The van der Waals surface area contributed by atoms with Gasteiger partial charge in [-0.15, -0.1) is 0 Å². The van der Waals surface area contributed by atoms with E-state index in [4.69, 9.17) is 9.15 Å². The predicted octanol–water partition coefficient (Wildman–Crippen LogP) is 1.15. The minimum absolute atomic E-state index is 0.0103. The molecule has 0 aromatic carbocycles. The molecule has 0 aliphatic carbocycles. The zero-order chi connectivity index (χ0) is 16.8. The highest BCUT2D eigenvalue weighted by Crippen LogP contribution is 2.19. The fraction of sp³-hybridized carbons (Fsp3) is 0.562. The summed E-state index contributed by atoms with van der Waals surface area (Å²) < 4.78 is 10.0. The van der Waals surface area contributed by atoms with Gasteiger partial charge in [-0.3, -0.25) is 14.4 Å². The van der Waals surface area contributed by atoms with Crippen molar-refractivity contribution in [2.24, 2.45) is 5.92 Å². The molecule has 0 spiro atoms. The molecule has 1 aromatic rings. The quantitative estimate of drug-likeness (QED) is 0.760. The highest BCUT2D eigenvalue weighted by molar-refractivity contribution is 5.94. The molecule has 1 saturated heterocycles. The average molecular weight is 322 g/mol. The first-order chi connectivity index (χ1) is 11.0. The molecule has 0 unspecified atom stereocenters. The summed E-state index contributed by atoms with van der Waals surface area (Å²) in [6.07, 6.45) is 2.61. The van der Waals surface area contributed by atoms with Crippen molar-refractivity contribution in [3.05, 3.63) is 24.2 Å². The molecule has 1 aliphatic heterocycles. The maximum absolute atomic E-state index is 12.3. The lowest BCUT2D eigenvalue weighted by Gasteiger charge is -2.32. The molecule has 1 aliphatic rings. The molecule has 1 fully saturated rings. The molecular formula is C16H22N2O5. The SMILES string of the molecule is CCOC(=O)C1CCN(C(=O)CN(C)C(=O)c2ccco2)CC1. The van der Waals surface area contributed by atoms with Gasteiger partial charge in [-0.1, -0.05) is 0 Å². The number of esters is 1. The second kappa shape index (κ2) is 7.80. The first-order valence-corrected chi connectivity index (χ1v) is 7.76. The topological polar surface area (TPSA) is 80.1 Å². The number of carbonyl (C=O) groups is 3. The second-order valence-electron chi connectivity index (χ2n) is 5.55. The molecule has 0 saturated carbocycles. The monoisotopic (exact) mass is 322 g/mol. The van der Waals surface area contributed by atoms with Gasteiger partial charge in [-0.25, -0.2) is 0 Å². The lowest BCUT2D eigenvalue weighted by molar-refractivity contribution is -0.151. The Morgan fingerprint density at radius 3 is 2.61 bits per heavy atom. The number of furan rings is 1. The van der Waals surface area contributed by atoms with Crippen LogP contribution >= 0.6 is 0 Å². The Morgan fingerprint density at radius 2 is 2.04 bits per heavy atom. The van der Waals surface area contributed by atoms with Gasteiger partial charge < -0.3 is 19.0 Å². The predicted molar refractivity (Wildman–Crippen MR) is 81.6 cm³/mol. The van der Waals surface area contributed by atoms with Crippen LogP contribution < -0.4 is 0 Å². The number of hydrogen-bond acceptors (Lipinski definition) is 5. The molecule has 0 bridgehead atoms. The smallest absolute Gasteiger partial charge is 0.309 e. The van der Waals surface area contributed by atoms with Crippen LogP contribution in [0.1, 0.15) is 30.3 Å². The van der Waals surface area contributed by atoms with Gasteiger partial charge in [0, 0.05) is 20.1 Å². The van der Waals surface area contributed by atoms with Gasteiger partial charge >= 0.3 is 5.97 Å². The van der Waals surface area contributed by atoms with Crippen LogP contribution in [0.3, 0.4) is 0 Å². The number of nitrogens with zero attached hydrogens (tertiary/aromatic N) is 2. The number of ether oxygens (including phenoxy) is 1. The van der Waals surface area contributed by atoms with E-state index >= 15 is 0 Å². The number of carbonyl (C=O) groups excluding carboxylic acids is 3. The average Bonchev–Trinajstić information content (AvgIpc) is 3.08. The van der Waals surface area contributed by atoms with Crippen molar-refractivity contribution in [3.8, 4) is 0 Å². The summed E-state index contributed by atoms with van der Waals surface area (Å²) in [6.45, 7) is 3.15. The summed E-state index contributed by atoms with van der Waals surface area (Å²) in [6, 6.07) is 3.19. The van der Waals surface area contributed by atoms with Gasteiger partial charge in [0.25, 0.3) is 5.91 Å². The molecule has 0 atom stereocenters. The third-order valence-corrected chi connectivity index (χ3v) is 3.92. The summed E-state index contributed by atoms with van der Waals surface area (Å²) in [7, 11) is 1.56. The molecule has 126 valence electrons. The van der Waals surface area contributed by atoms with Crippen molar-refractivity contribution in [1.82, 2.24) is 9.80 Å². The summed E-state index contributed by atoms with van der Waals surface area (Å²) in [5.74, 6) is -0.577. The number of amides is 2. The van der Waals surface area contributed by atoms with Gasteiger partial charge in [0.05, 0.1) is 25.3 Å². The van der Waals surface area contributed by atoms with Crippen molar-refractivity contribution in [2.45, 2.75) is 19.8 Å². The Bertz CT molecular complexity index is 547. The number of likely N-dealkylation sites (tertiary alicyclic amines) is 1. The van der Waals surface area contributed by atoms with Crippen molar-refractivity contribution < 1.29 is 23.5 Å².